The van der Waals surface area contributed by atoms with E-state index in [0.29, 0.717) is 12.5 Å². The summed E-state index contributed by atoms with van der Waals surface area (Å²) in [5.74, 6) is 1.45. The van der Waals surface area contributed by atoms with Crippen LogP contribution in [0.1, 0.15) is 32.8 Å². The molecule has 0 fully saturated rings. The van der Waals surface area contributed by atoms with Gasteiger partial charge in [0.05, 0.1) is 6.54 Å². The molecule has 0 radical (unpaired) electrons. The molecule has 0 amide bonds. The number of nitrogens with one attached hydrogen (secondary N) is 2. The first-order valence-electron chi connectivity index (χ1n) is 8.89. The monoisotopic (exact) mass is 462 g/mol. The van der Waals surface area contributed by atoms with Crippen LogP contribution in [0, 0.1) is 5.92 Å². The molecule has 0 saturated heterocycles. The molecule has 5 nitrogen and oxygen atoms in total. The SMILES string of the molecule is CCNC(=NCc1cccc(N(C)C)c1)NCCCOCC(C)C.I. The standard InChI is InChI=1S/C19H34N4O.HI/c1-6-20-19(21-11-8-12-24-15-16(2)3)22-14-17-9-7-10-18(13-17)23(4)5;/h7,9-10,13,16H,6,8,11-12,14-15H2,1-5H3,(H2,20,21,22);1H. The van der Waals surface area contributed by atoms with Crippen molar-refractivity contribution < 1.29 is 4.74 Å². The van der Waals surface area contributed by atoms with Gasteiger partial charge in [0.25, 0.3) is 0 Å². The lowest BCUT2D eigenvalue weighted by Gasteiger charge is -2.14. The van der Waals surface area contributed by atoms with Crippen LogP contribution in [0.25, 0.3) is 0 Å². The zero-order valence-corrected chi connectivity index (χ0v) is 18.7. The van der Waals surface area contributed by atoms with Crippen molar-refractivity contribution in [1.82, 2.24) is 10.6 Å². The van der Waals surface area contributed by atoms with Crippen LogP contribution < -0.4 is 15.5 Å². The molecule has 144 valence electrons. The zero-order chi connectivity index (χ0) is 17.8. The van der Waals surface area contributed by atoms with Gasteiger partial charge in [0.1, 0.15) is 0 Å². The molecular weight excluding hydrogens is 427 g/mol. The summed E-state index contributed by atoms with van der Waals surface area (Å²) in [4.78, 5) is 6.77. The van der Waals surface area contributed by atoms with Crippen LogP contribution >= 0.6 is 24.0 Å². The van der Waals surface area contributed by atoms with Crippen LogP contribution in [-0.4, -0.2) is 46.4 Å². The van der Waals surface area contributed by atoms with E-state index in [0.717, 1.165) is 38.7 Å². The van der Waals surface area contributed by atoms with Crippen LogP contribution in [0.3, 0.4) is 0 Å². The molecule has 6 heteroatoms. The fourth-order valence-electron chi connectivity index (χ4n) is 2.15. The van der Waals surface area contributed by atoms with Crippen molar-refractivity contribution in [3.8, 4) is 0 Å². The van der Waals surface area contributed by atoms with E-state index < -0.39 is 0 Å². The van der Waals surface area contributed by atoms with Crippen molar-refractivity contribution in [2.24, 2.45) is 10.9 Å². The smallest absolute Gasteiger partial charge is 0.191 e. The number of ether oxygens (including phenoxy) is 1. The predicted molar refractivity (Wildman–Crippen MR) is 119 cm³/mol. The molecule has 2 N–H and O–H groups in total. The van der Waals surface area contributed by atoms with Crippen molar-refractivity contribution in [3.05, 3.63) is 29.8 Å². The van der Waals surface area contributed by atoms with Crippen molar-refractivity contribution in [1.29, 1.82) is 0 Å². The summed E-state index contributed by atoms with van der Waals surface area (Å²) in [6, 6.07) is 8.47. The summed E-state index contributed by atoms with van der Waals surface area (Å²) >= 11 is 0. The van der Waals surface area contributed by atoms with Gasteiger partial charge in [-0.25, -0.2) is 4.99 Å². The van der Waals surface area contributed by atoms with E-state index in [1.54, 1.807) is 0 Å². The summed E-state index contributed by atoms with van der Waals surface area (Å²) < 4.78 is 5.60. The Morgan fingerprint density at radius 2 is 2.00 bits per heavy atom. The third-order valence-electron chi connectivity index (χ3n) is 3.40. The van der Waals surface area contributed by atoms with Gasteiger partial charge in [-0.15, -0.1) is 24.0 Å². The average Bonchev–Trinajstić information content (AvgIpc) is 2.55. The van der Waals surface area contributed by atoms with E-state index in [2.05, 4.69) is 79.7 Å². The van der Waals surface area contributed by atoms with Crippen LogP contribution in [0.15, 0.2) is 29.3 Å². The number of guanidine groups is 1. The molecule has 0 atom stereocenters. The number of aliphatic imine (C=N–C) groups is 1. The van der Waals surface area contributed by atoms with Crippen molar-refractivity contribution >= 4 is 35.6 Å². The normalized spacial score (nSPS) is 11.2. The minimum absolute atomic E-state index is 0. The van der Waals surface area contributed by atoms with Gasteiger partial charge in [-0.3, -0.25) is 0 Å². The molecule has 0 aliphatic rings. The summed E-state index contributed by atoms with van der Waals surface area (Å²) in [6.45, 7) is 10.4. The summed E-state index contributed by atoms with van der Waals surface area (Å²) in [5.41, 5.74) is 2.40. The molecular formula is C19H35IN4O. The van der Waals surface area contributed by atoms with Crippen LogP contribution in [0.2, 0.25) is 0 Å². The first kappa shape index (κ1) is 24.0. The summed E-state index contributed by atoms with van der Waals surface area (Å²) in [6.07, 6.45) is 0.979. The van der Waals surface area contributed by atoms with Crippen LogP contribution in [-0.2, 0) is 11.3 Å². The molecule has 1 aromatic rings. The fraction of sp³-hybridized carbons (Fsp3) is 0.632. The van der Waals surface area contributed by atoms with Crippen molar-refractivity contribution in [2.75, 3.05) is 45.3 Å². The average molecular weight is 462 g/mol. The number of benzene rings is 1. The third-order valence-corrected chi connectivity index (χ3v) is 3.40. The minimum Gasteiger partial charge on any atom is -0.381 e. The van der Waals surface area contributed by atoms with E-state index in [1.807, 2.05) is 0 Å². The lowest BCUT2D eigenvalue weighted by atomic mass is 10.2. The van der Waals surface area contributed by atoms with E-state index in [1.165, 1.54) is 11.3 Å². The topological polar surface area (TPSA) is 48.9 Å². The number of hydrogen-bond donors (Lipinski definition) is 2. The molecule has 0 saturated carbocycles. The maximum Gasteiger partial charge on any atom is 0.191 e. The van der Waals surface area contributed by atoms with E-state index >= 15 is 0 Å². The Morgan fingerprint density at radius 3 is 2.64 bits per heavy atom. The van der Waals surface area contributed by atoms with Crippen molar-refractivity contribution in [3.63, 3.8) is 0 Å². The lowest BCUT2D eigenvalue weighted by molar-refractivity contribution is 0.108. The van der Waals surface area contributed by atoms with Crippen LogP contribution in [0.5, 0.6) is 0 Å². The predicted octanol–water partition coefficient (Wildman–Crippen LogP) is 3.49. The van der Waals surface area contributed by atoms with Crippen molar-refractivity contribution in [2.45, 2.75) is 33.7 Å². The summed E-state index contributed by atoms with van der Waals surface area (Å²) in [7, 11) is 4.10. The molecule has 0 heterocycles. The van der Waals surface area contributed by atoms with E-state index in [9.17, 15) is 0 Å². The second kappa shape index (κ2) is 14.2. The second-order valence-corrected chi connectivity index (χ2v) is 6.51. The molecule has 0 bridgehead atoms. The molecule has 0 aliphatic carbocycles. The molecule has 1 rings (SSSR count). The molecule has 0 aromatic heterocycles. The maximum absolute atomic E-state index is 5.60. The number of nitrogens with zero attached hydrogens (tertiary/aromatic N) is 2. The largest absolute Gasteiger partial charge is 0.381 e. The van der Waals surface area contributed by atoms with Gasteiger partial charge in [0.15, 0.2) is 5.96 Å². The Kier molecular flexibility index (Phi) is 13.6. The fourth-order valence-corrected chi connectivity index (χ4v) is 2.15. The zero-order valence-electron chi connectivity index (χ0n) is 16.3. The molecule has 0 unspecified atom stereocenters. The van der Waals surface area contributed by atoms with Gasteiger partial charge in [0, 0.05) is 46.1 Å². The Labute approximate surface area is 170 Å². The second-order valence-electron chi connectivity index (χ2n) is 6.51. The highest BCUT2D eigenvalue weighted by molar-refractivity contribution is 14.0. The van der Waals surface area contributed by atoms with Gasteiger partial charge in [-0.05, 0) is 37.0 Å². The number of anilines is 1. The van der Waals surface area contributed by atoms with E-state index in [4.69, 9.17) is 4.74 Å². The number of halogens is 1. The molecule has 1 aromatic carbocycles. The molecule has 0 aliphatic heterocycles. The number of hydrogen-bond acceptors (Lipinski definition) is 3. The van der Waals surface area contributed by atoms with Gasteiger partial charge >= 0.3 is 0 Å². The van der Waals surface area contributed by atoms with Gasteiger partial charge in [-0.1, -0.05) is 26.0 Å². The highest BCUT2D eigenvalue weighted by atomic mass is 127. The first-order chi connectivity index (χ1) is 11.5. The highest BCUT2D eigenvalue weighted by Crippen LogP contribution is 2.13. The quantitative estimate of drug-likeness (QED) is 0.242. The first-order valence-corrected chi connectivity index (χ1v) is 8.89. The van der Waals surface area contributed by atoms with Gasteiger partial charge in [0.2, 0.25) is 0 Å². The lowest BCUT2D eigenvalue weighted by Crippen LogP contribution is -2.38. The Morgan fingerprint density at radius 1 is 1.24 bits per heavy atom. The third kappa shape index (κ3) is 11.3. The number of rotatable bonds is 10. The van der Waals surface area contributed by atoms with Gasteiger partial charge in [-0.2, -0.15) is 0 Å². The summed E-state index contributed by atoms with van der Waals surface area (Å²) in [5, 5.41) is 6.65. The molecule has 0 spiro atoms. The molecule has 25 heavy (non-hydrogen) atoms. The Bertz CT molecular complexity index is 492. The highest BCUT2D eigenvalue weighted by Gasteiger charge is 2.00. The minimum atomic E-state index is 0. The van der Waals surface area contributed by atoms with Crippen LogP contribution in [0.4, 0.5) is 5.69 Å². The Hall–Kier alpha value is -1.02. The Balaban J connectivity index is 0.00000576. The van der Waals surface area contributed by atoms with Gasteiger partial charge < -0.3 is 20.3 Å². The maximum atomic E-state index is 5.60. The van der Waals surface area contributed by atoms with E-state index in [-0.39, 0.29) is 24.0 Å².